The molecule has 0 saturated heterocycles. The van der Waals surface area contributed by atoms with Crippen molar-refractivity contribution in [2.75, 3.05) is 5.32 Å². The van der Waals surface area contributed by atoms with Crippen LogP contribution in [0.4, 0.5) is 18.9 Å². The number of amides is 1. The van der Waals surface area contributed by atoms with Crippen LogP contribution in [0.1, 0.15) is 16.1 Å². The minimum atomic E-state index is -4.73. The fraction of sp³-hybridized carbons (Fsp3) is 0.0500. The second-order valence-corrected chi connectivity index (χ2v) is 6.74. The molecule has 2 heterocycles. The molecule has 2 aromatic heterocycles. The molecule has 0 saturated carbocycles. The highest BCUT2D eigenvalue weighted by atomic mass is 35.5. The standard InChI is InChI=1S/C20H12ClF3N4O2/c21-12-6-7-16(29)15(8-12)27-19(30)13-10-25-28-17(20(22,23)24)9-14(26-18(13)28)11-4-2-1-3-5-11/h1-10,29H,(H,27,30). The van der Waals surface area contributed by atoms with Gasteiger partial charge in [-0.05, 0) is 24.3 Å². The van der Waals surface area contributed by atoms with Crippen molar-refractivity contribution in [2.24, 2.45) is 0 Å². The van der Waals surface area contributed by atoms with Crippen LogP contribution in [-0.2, 0) is 6.18 Å². The number of fused-ring (bicyclic) bond motifs is 1. The highest BCUT2D eigenvalue weighted by molar-refractivity contribution is 6.31. The molecule has 4 rings (SSSR count). The van der Waals surface area contributed by atoms with E-state index in [0.29, 0.717) is 10.1 Å². The molecule has 1 amide bonds. The monoisotopic (exact) mass is 432 g/mol. The van der Waals surface area contributed by atoms with E-state index in [9.17, 15) is 23.1 Å². The molecule has 4 aromatic rings. The molecule has 0 radical (unpaired) electrons. The maximum absolute atomic E-state index is 13.6. The molecule has 0 aliphatic heterocycles. The van der Waals surface area contributed by atoms with Crippen molar-refractivity contribution in [3.8, 4) is 17.0 Å². The third kappa shape index (κ3) is 3.67. The van der Waals surface area contributed by atoms with E-state index in [-0.39, 0.29) is 33.4 Å². The second kappa shape index (κ2) is 7.34. The van der Waals surface area contributed by atoms with Crippen LogP contribution in [0.15, 0.2) is 60.8 Å². The first-order chi connectivity index (χ1) is 14.2. The number of nitrogens with one attached hydrogen (secondary N) is 1. The molecule has 0 atom stereocenters. The molecule has 10 heteroatoms. The van der Waals surface area contributed by atoms with Crippen LogP contribution in [0.25, 0.3) is 16.9 Å². The van der Waals surface area contributed by atoms with Crippen molar-refractivity contribution in [1.82, 2.24) is 14.6 Å². The fourth-order valence-electron chi connectivity index (χ4n) is 2.88. The molecule has 6 nitrogen and oxygen atoms in total. The topological polar surface area (TPSA) is 79.5 Å². The first-order valence-electron chi connectivity index (χ1n) is 8.55. The zero-order valence-electron chi connectivity index (χ0n) is 15.0. The largest absolute Gasteiger partial charge is 0.506 e. The first kappa shape index (κ1) is 19.7. The average Bonchev–Trinajstić information content (AvgIpc) is 3.14. The zero-order chi connectivity index (χ0) is 21.5. The smallest absolute Gasteiger partial charge is 0.433 e. The van der Waals surface area contributed by atoms with Gasteiger partial charge in [-0.3, -0.25) is 4.79 Å². The molecule has 0 aliphatic rings. The van der Waals surface area contributed by atoms with E-state index < -0.39 is 17.8 Å². The molecule has 30 heavy (non-hydrogen) atoms. The summed E-state index contributed by atoms with van der Waals surface area (Å²) in [7, 11) is 0. The lowest BCUT2D eigenvalue weighted by molar-refractivity contribution is -0.142. The van der Waals surface area contributed by atoms with Crippen LogP contribution < -0.4 is 5.32 Å². The first-order valence-corrected chi connectivity index (χ1v) is 8.93. The summed E-state index contributed by atoms with van der Waals surface area (Å²) in [6.07, 6.45) is -3.74. The number of aromatic hydroxyl groups is 1. The van der Waals surface area contributed by atoms with E-state index in [4.69, 9.17) is 11.6 Å². The molecule has 0 spiro atoms. The number of carbonyl (C=O) groups is 1. The number of rotatable bonds is 3. The lowest BCUT2D eigenvalue weighted by Gasteiger charge is -2.12. The Morgan fingerprint density at radius 1 is 1.10 bits per heavy atom. The van der Waals surface area contributed by atoms with Gasteiger partial charge in [0, 0.05) is 10.6 Å². The summed E-state index contributed by atoms with van der Waals surface area (Å²) in [5, 5.41) is 16.3. The second-order valence-electron chi connectivity index (χ2n) is 6.30. The molecule has 0 aliphatic carbocycles. The maximum atomic E-state index is 13.6. The van der Waals surface area contributed by atoms with Crippen LogP contribution in [0.2, 0.25) is 5.02 Å². The highest BCUT2D eigenvalue weighted by Crippen LogP contribution is 2.33. The van der Waals surface area contributed by atoms with Crippen molar-refractivity contribution in [3.05, 3.63) is 77.1 Å². The third-order valence-electron chi connectivity index (χ3n) is 4.28. The Kier molecular flexibility index (Phi) is 4.83. The minimum Gasteiger partial charge on any atom is -0.506 e. The molecular formula is C20H12ClF3N4O2. The number of phenolic OH excluding ortho intramolecular Hbond substituents is 1. The number of alkyl halides is 3. The van der Waals surface area contributed by atoms with Gasteiger partial charge < -0.3 is 10.4 Å². The van der Waals surface area contributed by atoms with Gasteiger partial charge >= 0.3 is 6.18 Å². The lowest BCUT2D eigenvalue weighted by Crippen LogP contribution is -2.16. The lowest BCUT2D eigenvalue weighted by atomic mass is 10.1. The van der Waals surface area contributed by atoms with Crippen molar-refractivity contribution in [3.63, 3.8) is 0 Å². The number of hydrogen-bond acceptors (Lipinski definition) is 4. The molecule has 2 aromatic carbocycles. The number of aromatic nitrogens is 3. The van der Waals surface area contributed by atoms with Crippen LogP contribution in [-0.4, -0.2) is 25.6 Å². The number of carbonyl (C=O) groups excluding carboxylic acids is 1. The Balaban J connectivity index is 1.85. The van der Waals surface area contributed by atoms with E-state index in [1.54, 1.807) is 30.3 Å². The Bertz CT molecular complexity index is 1260. The number of anilines is 1. The summed E-state index contributed by atoms with van der Waals surface area (Å²) in [5.74, 6) is -1.05. The summed E-state index contributed by atoms with van der Waals surface area (Å²) in [5.41, 5.74) is -1.06. The average molecular weight is 433 g/mol. The van der Waals surface area contributed by atoms with E-state index in [2.05, 4.69) is 15.4 Å². The van der Waals surface area contributed by atoms with E-state index in [1.165, 1.54) is 18.2 Å². The quantitative estimate of drug-likeness (QED) is 0.445. The summed E-state index contributed by atoms with van der Waals surface area (Å²) in [6, 6.07) is 13.2. The predicted octanol–water partition coefficient (Wildman–Crippen LogP) is 5.03. The zero-order valence-corrected chi connectivity index (χ0v) is 15.7. The number of benzene rings is 2. The summed E-state index contributed by atoms with van der Waals surface area (Å²) < 4.78 is 41.5. The van der Waals surface area contributed by atoms with Gasteiger partial charge in [-0.25, -0.2) is 9.50 Å². The van der Waals surface area contributed by atoms with Crippen LogP contribution in [0.3, 0.4) is 0 Å². The van der Waals surface area contributed by atoms with Crippen molar-refractivity contribution in [2.45, 2.75) is 6.18 Å². The van der Waals surface area contributed by atoms with Gasteiger partial charge in [0.1, 0.15) is 11.3 Å². The van der Waals surface area contributed by atoms with E-state index in [0.717, 1.165) is 12.3 Å². The van der Waals surface area contributed by atoms with E-state index in [1.807, 2.05) is 0 Å². The minimum absolute atomic E-state index is 0.00195. The number of nitrogens with zero attached hydrogens (tertiary/aromatic N) is 3. The van der Waals surface area contributed by atoms with Gasteiger partial charge in [0.15, 0.2) is 11.3 Å². The van der Waals surface area contributed by atoms with Crippen molar-refractivity contribution in [1.29, 1.82) is 0 Å². The Morgan fingerprint density at radius 3 is 2.53 bits per heavy atom. The van der Waals surface area contributed by atoms with Gasteiger partial charge in [0.2, 0.25) is 0 Å². The molecule has 0 unspecified atom stereocenters. The molecular weight excluding hydrogens is 421 g/mol. The summed E-state index contributed by atoms with van der Waals surface area (Å²) in [4.78, 5) is 17.0. The van der Waals surface area contributed by atoms with Gasteiger partial charge in [0.05, 0.1) is 17.6 Å². The number of halogens is 4. The Labute approximate surface area is 172 Å². The third-order valence-corrected chi connectivity index (χ3v) is 4.52. The SMILES string of the molecule is O=C(Nc1cc(Cl)ccc1O)c1cnn2c(C(F)(F)F)cc(-c3ccccc3)nc12. The molecule has 0 bridgehead atoms. The van der Waals surface area contributed by atoms with Gasteiger partial charge in [0.25, 0.3) is 5.91 Å². The van der Waals surface area contributed by atoms with Crippen molar-refractivity contribution >= 4 is 28.8 Å². The maximum Gasteiger partial charge on any atom is 0.433 e. The molecule has 2 N–H and O–H groups in total. The van der Waals surface area contributed by atoms with Crippen LogP contribution >= 0.6 is 11.6 Å². The van der Waals surface area contributed by atoms with Crippen molar-refractivity contribution < 1.29 is 23.1 Å². The van der Waals surface area contributed by atoms with Crippen LogP contribution in [0.5, 0.6) is 5.75 Å². The summed E-state index contributed by atoms with van der Waals surface area (Å²) in [6.45, 7) is 0. The molecule has 152 valence electrons. The number of phenols is 1. The van der Waals surface area contributed by atoms with Gasteiger partial charge in [-0.15, -0.1) is 0 Å². The predicted molar refractivity (Wildman–Crippen MR) is 104 cm³/mol. The highest BCUT2D eigenvalue weighted by Gasteiger charge is 2.36. The normalized spacial score (nSPS) is 11.6. The Morgan fingerprint density at radius 2 is 1.83 bits per heavy atom. The molecule has 0 fully saturated rings. The fourth-order valence-corrected chi connectivity index (χ4v) is 3.05. The van der Waals surface area contributed by atoms with Gasteiger partial charge in [-0.2, -0.15) is 18.3 Å². The van der Waals surface area contributed by atoms with E-state index >= 15 is 0 Å². The number of hydrogen-bond donors (Lipinski definition) is 2. The van der Waals surface area contributed by atoms with Crippen LogP contribution in [0, 0.1) is 0 Å². The van der Waals surface area contributed by atoms with Gasteiger partial charge in [-0.1, -0.05) is 41.9 Å². The summed E-state index contributed by atoms with van der Waals surface area (Å²) >= 11 is 5.86. The Hall–Kier alpha value is -3.59.